The van der Waals surface area contributed by atoms with Crippen molar-refractivity contribution in [2.45, 2.75) is 182 Å². The molecule has 0 bridgehead atoms. The lowest BCUT2D eigenvalue weighted by Crippen LogP contribution is -2.42. The molecular weight excluding hydrogens is 636 g/mol. The first-order valence-corrected chi connectivity index (χ1v) is 22.3. The molecule has 0 aliphatic carbocycles. The highest BCUT2D eigenvalue weighted by Crippen LogP contribution is 2.27. The van der Waals surface area contributed by atoms with Gasteiger partial charge in [0.15, 0.2) is 0 Å². The predicted octanol–water partition coefficient (Wildman–Crippen LogP) is 10.1. The predicted molar refractivity (Wildman–Crippen MR) is 218 cm³/mol. The van der Waals surface area contributed by atoms with Crippen molar-refractivity contribution in [1.82, 2.24) is 9.80 Å². The molecule has 0 spiro atoms. The van der Waals surface area contributed by atoms with E-state index >= 15 is 0 Å². The molecule has 2 unspecified atom stereocenters. The minimum atomic E-state index is -0.106. The Balaban J connectivity index is 2.43. The van der Waals surface area contributed by atoms with Crippen LogP contribution in [0.3, 0.4) is 0 Å². The standard InChI is InChI=1S/C44H90N2O5/c1-5-7-9-11-13-15-17-19-21-23-25-27-43(3,41-47)39-45-29-33-49-34-30-46(32-36-51-38-37-50-35-31-45)40-44(4,42-48)28-26-24-22-20-18-16-14-12-10-8-6-2/h47-48H,5-42H2,1-4H3. The molecule has 306 valence electrons. The van der Waals surface area contributed by atoms with E-state index in [2.05, 4.69) is 37.5 Å². The lowest BCUT2D eigenvalue weighted by Gasteiger charge is -2.35. The minimum absolute atomic E-state index is 0.106. The summed E-state index contributed by atoms with van der Waals surface area (Å²) in [6.45, 7) is 18.5. The van der Waals surface area contributed by atoms with E-state index in [4.69, 9.17) is 14.2 Å². The second kappa shape index (κ2) is 34.2. The molecule has 1 saturated heterocycles. The molecule has 7 heteroatoms. The first-order valence-electron chi connectivity index (χ1n) is 22.3. The van der Waals surface area contributed by atoms with Crippen LogP contribution >= 0.6 is 0 Å². The average molecular weight is 727 g/mol. The van der Waals surface area contributed by atoms with E-state index in [1.807, 2.05) is 0 Å². The first kappa shape index (κ1) is 48.7. The number of aliphatic hydroxyl groups is 2. The fraction of sp³-hybridized carbons (Fsp3) is 1.00. The quantitative estimate of drug-likeness (QED) is 0.0714. The third-order valence-corrected chi connectivity index (χ3v) is 11.3. The molecule has 1 aliphatic heterocycles. The van der Waals surface area contributed by atoms with Gasteiger partial charge in [-0.3, -0.25) is 9.80 Å². The molecule has 0 radical (unpaired) electrons. The fourth-order valence-corrected chi connectivity index (χ4v) is 7.67. The fourth-order valence-electron chi connectivity index (χ4n) is 7.67. The summed E-state index contributed by atoms with van der Waals surface area (Å²) in [6, 6.07) is 0. The van der Waals surface area contributed by atoms with Crippen LogP contribution in [0.15, 0.2) is 0 Å². The van der Waals surface area contributed by atoms with Gasteiger partial charge in [-0.1, -0.05) is 169 Å². The SMILES string of the molecule is CCCCCCCCCCCCCC(C)(CO)CN1CCOCCOCCN(CC(C)(CO)CCCCCCCCCCCCC)CCOCC1. The molecule has 0 aromatic carbocycles. The van der Waals surface area contributed by atoms with Crippen LogP contribution in [0.2, 0.25) is 0 Å². The molecule has 0 aromatic heterocycles. The zero-order valence-corrected chi connectivity index (χ0v) is 34.9. The summed E-state index contributed by atoms with van der Waals surface area (Å²) < 4.78 is 18.2. The van der Waals surface area contributed by atoms with Crippen LogP contribution in [0, 0.1) is 10.8 Å². The Morgan fingerprint density at radius 1 is 0.392 bits per heavy atom. The Morgan fingerprint density at radius 2 is 0.647 bits per heavy atom. The Morgan fingerprint density at radius 3 is 0.922 bits per heavy atom. The summed E-state index contributed by atoms with van der Waals surface area (Å²) in [5.74, 6) is 0. The Hall–Kier alpha value is -0.280. The van der Waals surface area contributed by atoms with Gasteiger partial charge in [-0.05, 0) is 12.8 Å². The highest BCUT2D eigenvalue weighted by molar-refractivity contribution is 4.80. The van der Waals surface area contributed by atoms with Gasteiger partial charge < -0.3 is 24.4 Å². The topological polar surface area (TPSA) is 74.6 Å². The summed E-state index contributed by atoms with van der Waals surface area (Å²) >= 11 is 0. The number of unbranched alkanes of at least 4 members (excludes halogenated alkanes) is 20. The van der Waals surface area contributed by atoms with Crippen molar-refractivity contribution in [3.63, 3.8) is 0 Å². The lowest BCUT2D eigenvalue weighted by atomic mass is 9.84. The molecule has 51 heavy (non-hydrogen) atoms. The van der Waals surface area contributed by atoms with Crippen molar-refractivity contribution in [2.75, 3.05) is 92.1 Å². The molecule has 0 aromatic rings. The van der Waals surface area contributed by atoms with Gasteiger partial charge in [-0.2, -0.15) is 0 Å². The monoisotopic (exact) mass is 727 g/mol. The van der Waals surface area contributed by atoms with E-state index in [0.29, 0.717) is 39.6 Å². The second-order valence-corrected chi connectivity index (χ2v) is 16.9. The Kier molecular flexibility index (Phi) is 32.7. The summed E-state index contributed by atoms with van der Waals surface area (Å²) in [6.07, 6.45) is 31.8. The highest BCUT2D eigenvalue weighted by atomic mass is 16.5. The van der Waals surface area contributed by atoms with E-state index in [-0.39, 0.29) is 24.0 Å². The van der Waals surface area contributed by atoms with Crippen molar-refractivity contribution < 1.29 is 24.4 Å². The number of hydrogen-bond donors (Lipinski definition) is 2. The second-order valence-electron chi connectivity index (χ2n) is 16.9. The van der Waals surface area contributed by atoms with Crippen LogP contribution in [0.5, 0.6) is 0 Å². The van der Waals surface area contributed by atoms with Gasteiger partial charge in [0.25, 0.3) is 0 Å². The molecule has 2 N–H and O–H groups in total. The Labute approximate surface area is 318 Å². The number of ether oxygens (including phenoxy) is 3. The first-order chi connectivity index (χ1) is 24.9. The van der Waals surface area contributed by atoms with E-state index in [1.54, 1.807) is 0 Å². The van der Waals surface area contributed by atoms with Gasteiger partial charge in [-0.15, -0.1) is 0 Å². The summed E-state index contributed by atoms with van der Waals surface area (Å²) in [5.41, 5.74) is -0.213. The summed E-state index contributed by atoms with van der Waals surface area (Å²) in [5, 5.41) is 20.9. The van der Waals surface area contributed by atoms with Gasteiger partial charge in [0.05, 0.1) is 39.6 Å². The zero-order valence-electron chi connectivity index (χ0n) is 34.9. The van der Waals surface area contributed by atoms with Crippen LogP contribution < -0.4 is 0 Å². The Bertz CT molecular complexity index is 672. The minimum Gasteiger partial charge on any atom is -0.396 e. The third-order valence-electron chi connectivity index (χ3n) is 11.3. The van der Waals surface area contributed by atoms with E-state index in [9.17, 15) is 10.2 Å². The van der Waals surface area contributed by atoms with Gasteiger partial charge in [0.2, 0.25) is 0 Å². The smallest absolute Gasteiger partial charge is 0.0701 e. The van der Waals surface area contributed by atoms with Crippen molar-refractivity contribution in [3.05, 3.63) is 0 Å². The normalized spacial score (nSPS) is 18.9. The van der Waals surface area contributed by atoms with Crippen molar-refractivity contribution in [1.29, 1.82) is 0 Å². The molecule has 0 amide bonds. The number of nitrogens with zero attached hydrogens (tertiary/aromatic N) is 2. The molecule has 1 rings (SSSR count). The van der Waals surface area contributed by atoms with Crippen LogP contribution in [-0.2, 0) is 14.2 Å². The molecule has 7 nitrogen and oxygen atoms in total. The van der Waals surface area contributed by atoms with Crippen LogP contribution in [0.1, 0.15) is 182 Å². The van der Waals surface area contributed by atoms with Crippen LogP contribution in [0.4, 0.5) is 0 Å². The largest absolute Gasteiger partial charge is 0.396 e. The summed E-state index contributed by atoms with van der Waals surface area (Å²) in [7, 11) is 0. The molecule has 1 aliphatic rings. The number of rotatable bonds is 30. The number of hydrogen-bond acceptors (Lipinski definition) is 7. The van der Waals surface area contributed by atoms with Gasteiger partial charge in [0.1, 0.15) is 0 Å². The maximum atomic E-state index is 10.4. The third kappa shape index (κ3) is 28.8. The van der Waals surface area contributed by atoms with Gasteiger partial charge >= 0.3 is 0 Å². The summed E-state index contributed by atoms with van der Waals surface area (Å²) in [4.78, 5) is 4.87. The van der Waals surface area contributed by atoms with E-state index < -0.39 is 0 Å². The number of aliphatic hydroxyl groups excluding tert-OH is 2. The lowest BCUT2D eigenvalue weighted by molar-refractivity contribution is 0.0172. The molecule has 1 fully saturated rings. The molecule has 1 heterocycles. The van der Waals surface area contributed by atoms with Crippen molar-refractivity contribution in [2.24, 2.45) is 10.8 Å². The zero-order chi connectivity index (χ0) is 37.1. The maximum Gasteiger partial charge on any atom is 0.0701 e. The highest BCUT2D eigenvalue weighted by Gasteiger charge is 2.27. The molecule has 2 atom stereocenters. The average Bonchev–Trinajstić information content (AvgIpc) is 3.14. The van der Waals surface area contributed by atoms with E-state index in [1.165, 1.54) is 141 Å². The van der Waals surface area contributed by atoms with Crippen molar-refractivity contribution in [3.8, 4) is 0 Å². The van der Waals surface area contributed by atoms with E-state index in [0.717, 1.165) is 52.1 Å². The van der Waals surface area contributed by atoms with Crippen LogP contribution in [-0.4, -0.2) is 112 Å². The van der Waals surface area contributed by atoms with Crippen LogP contribution in [0.25, 0.3) is 0 Å². The van der Waals surface area contributed by atoms with Crippen molar-refractivity contribution >= 4 is 0 Å². The maximum absolute atomic E-state index is 10.4. The van der Waals surface area contributed by atoms with Gasteiger partial charge in [-0.25, -0.2) is 0 Å². The molecular formula is C44H90N2O5. The van der Waals surface area contributed by atoms with Gasteiger partial charge in [0, 0.05) is 63.3 Å². The molecule has 0 saturated carbocycles.